The number of epoxide rings is 1. The maximum absolute atomic E-state index is 13.5. The molecule has 11 nitrogen and oxygen atoms in total. The van der Waals surface area contributed by atoms with Crippen LogP contribution in [0.1, 0.15) is 94.4 Å². The molecule has 3 heterocycles. The van der Waals surface area contributed by atoms with Gasteiger partial charge in [0, 0.05) is 56.4 Å². The first-order chi connectivity index (χ1) is 28.3. The first kappa shape index (κ1) is 46.8. The van der Waals surface area contributed by atoms with Gasteiger partial charge in [-0.05, 0) is 77.5 Å². The number of allylic oxidation sites excluding steroid dienone is 14. The number of ether oxygens (including phenoxy) is 5. The Morgan fingerprint density at radius 3 is 1.78 bits per heavy atom. The van der Waals surface area contributed by atoms with Crippen LogP contribution in [0.25, 0.3) is 0 Å². The number of amides is 2. The topological polar surface area (TPSA) is 127 Å². The van der Waals surface area contributed by atoms with Crippen molar-refractivity contribution < 1.29 is 43.2 Å². The average Bonchev–Trinajstić information content (AvgIpc) is 3.81. The van der Waals surface area contributed by atoms with E-state index in [0.717, 1.165) is 22.3 Å². The lowest BCUT2D eigenvalue weighted by atomic mass is 9.61. The van der Waals surface area contributed by atoms with Crippen molar-refractivity contribution in [3.05, 3.63) is 100 Å². The molecule has 5 fully saturated rings. The number of hydrogen-bond donors (Lipinski definition) is 1. The van der Waals surface area contributed by atoms with Crippen LogP contribution in [0.4, 0.5) is 9.59 Å². The summed E-state index contributed by atoms with van der Waals surface area (Å²) in [6.45, 7) is 22.2. The molecule has 3 saturated heterocycles. The summed E-state index contributed by atoms with van der Waals surface area (Å²) >= 11 is 0. The molecule has 6 atom stereocenters. The molecule has 2 aliphatic carbocycles. The monoisotopic (exact) mass is 828 g/mol. The molecular weight excluding hydrogens is 761 g/mol. The Bertz CT molecular complexity index is 1880. The van der Waals surface area contributed by atoms with E-state index < -0.39 is 16.8 Å². The molecule has 1 N–H and O–H groups in total. The number of carbonyl (C=O) groups excluding carboxylic acids is 3. The largest absolute Gasteiger partial charge is 0.446 e. The minimum absolute atomic E-state index is 0.0114. The van der Waals surface area contributed by atoms with Crippen LogP contribution in [-0.4, -0.2) is 114 Å². The molecule has 2 saturated carbocycles. The van der Waals surface area contributed by atoms with Crippen molar-refractivity contribution in [3.63, 3.8) is 0 Å². The molecule has 0 aromatic heterocycles. The number of morpholine rings is 2. The highest BCUT2D eigenvalue weighted by Gasteiger charge is 2.76. The standard InChI is InChI=1S/C49H68N2O9/c1-35(16-12-17-37(3)20-21-42-39(5)30-40(32-47(42,8)55)58-44(53)50-22-26-56-27-23-50)14-10-11-15-36(2)18-13-19-38(4)43(52)34-49-46(6,7)31-41(33-48(49,9)60-49)59-45(54)51-24-28-57-29-25-51/h10-20,39-41,55H,22-34H2,1-9H3. The number of hydrogen-bond acceptors (Lipinski definition) is 9. The van der Waals surface area contributed by atoms with Crippen LogP contribution in [0.2, 0.25) is 0 Å². The van der Waals surface area contributed by atoms with Crippen molar-refractivity contribution >= 4 is 18.0 Å². The predicted octanol–water partition coefficient (Wildman–Crippen LogP) is 8.68. The zero-order chi connectivity index (χ0) is 43.7. The summed E-state index contributed by atoms with van der Waals surface area (Å²) in [7, 11) is 0. The Balaban J connectivity index is 1.07. The van der Waals surface area contributed by atoms with E-state index in [9.17, 15) is 19.5 Å². The van der Waals surface area contributed by atoms with Crippen LogP contribution in [0.3, 0.4) is 0 Å². The molecule has 11 heteroatoms. The summed E-state index contributed by atoms with van der Waals surface area (Å²) in [6.07, 6.45) is 22.9. The van der Waals surface area contributed by atoms with E-state index in [1.807, 2.05) is 108 Å². The SMILES string of the molecule is CC(C=C=C1C(C)CC(OC(=O)N2CCOCC2)CC1(C)O)=CC=CC(C)=CC=CC=C(C)C=CC=C(C)C(=O)CC12OC1(C)CC(OC(=O)N1CCOCC1)CC2(C)C. The van der Waals surface area contributed by atoms with Gasteiger partial charge in [-0.15, -0.1) is 5.73 Å². The normalized spacial score (nSPS) is 31.6. The van der Waals surface area contributed by atoms with E-state index in [2.05, 4.69) is 19.6 Å². The van der Waals surface area contributed by atoms with E-state index in [1.54, 1.807) is 16.7 Å². The Morgan fingerprint density at radius 1 is 0.733 bits per heavy atom. The van der Waals surface area contributed by atoms with E-state index in [1.165, 1.54) is 0 Å². The van der Waals surface area contributed by atoms with E-state index in [4.69, 9.17) is 23.7 Å². The second-order valence-electron chi connectivity index (χ2n) is 18.3. The van der Waals surface area contributed by atoms with Crippen molar-refractivity contribution in [1.29, 1.82) is 0 Å². The number of Topliss-reactive ketones (excluding diaryl/α,β-unsaturated/α-hetero) is 1. The molecule has 3 aliphatic heterocycles. The molecule has 5 rings (SSSR count). The molecule has 6 unspecified atom stereocenters. The zero-order valence-corrected chi connectivity index (χ0v) is 37.4. The average molecular weight is 829 g/mol. The first-order valence-electron chi connectivity index (χ1n) is 21.6. The van der Waals surface area contributed by atoms with Gasteiger partial charge in [-0.3, -0.25) is 4.79 Å². The fraction of sp³-hybridized carbons (Fsp3) is 0.592. The lowest BCUT2D eigenvalue weighted by molar-refractivity contribution is -0.118. The summed E-state index contributed by atoms with van der Waals surface area (Å²) in [5.41, 5.74) is 5.37. The van der Waals surface area contributed by atoms with Gasteiger partial charge in [-0.2, -0.15) is 0 Å². The van der Waals surface area contributed by atoms with Crippen molar-refractivity contribution in [2.75, 3.05) is 52.6 Å². The maximum Gasteiger partial charge on any atom is 0.410 e. The van der Waals surface area contributed by atoms with Gasteiger partial charge in [0.25, 0.3) is 0 Å². The second kappa shape index (κ2) is 20.1. The first-order valence-corrected chi connectivity index (χ1v) is 21.6. The van der Waals surface area contributed by atoms with Gasteiger partial charge in [0.1, 0.15) is 17.8 Å². The van der Waals surface area contributed by atoms with Crippen LogP contribution in [0, 0.1) is 11.3 Å². The minimum Gasteiger partial charge on any atom is -0.446 e. The highest BCUT2D eigenvalue weighted by atomic mass is 16.6. The molecular formula is C49H68N2O9. The smallest absolute Gasteiger partial charge is 0.410 e. The van der Waals surface area contributed by atoms with E-state index >= 15 is 0 Å². The van der Waals surface area contributed by atoms with Crippen LogP contribution >= 0.6 is 0 Å². The number of ketones is 1. The molecule has 0 aromatic carbocycles. The third-order valence-corrected chi connectivity index (χ3v) is 12.6. The van der Waals surface area contributed by atoms with Gasteiger partial charge in [-0.1, -0.05) is 92.7 Å². The Morgan fingerprint density at radius 2 is 1.25 bits per heavy atom. The fourth-order valence-corrected chi connectivity index (χ4v) is 9.12. The predicted molar refractivity (Wildman–Crippen MR) is 233 cm³/mol. The summed E-state index contributed by atoms with van der Waals surface area (Å²) in [6, 6.07) is 0. The van der Waals surface area contributed by atoms with Crippen molar-refractivity contribution in [1.82, 2.24) is 9.80 Å². The van der Waals surface area contributed by atoms with E-state index in [0.29, 0.717) is 90.3 Å². The van der Waals surface area contributed by atoms with Crippen LogP contribution in [0.15, 0.2) is 100 Å². The van der Waals surface area contributed by atoms with Crippen molar-refractivity contribution in [2.45, 2.75) is 123 Å². The fourth-order valence-electron chi connectivity index (χ4n) is 9.12. The number of fused-ring (bicyclic) bond motifs is 1. The number of carbonyl (C=O) groups is 3. The van der Waals surface area contributed by atoms with E-state index in [-0.39, 0.29) is 41.5 Å². The highest BCUT2D eigenvalue weighted by molar-refractivity contribution is 5.96. The number of rotatable bonds is 12. The number of nitrogens with zero attached hydrogens (tertiary/aromatic N) is 2. The minimum atomic E-state index is -1.12. The third-order valence-electron chi connectivity index (χ3n) is 12.6. The van der Waals surface area contributed by atoms with Crippen LogP contribution < -0.4 is 0 Å². The Kier molecular flexibility index (Phi) is 15.7. The van der Waals surface area contributed by atoms with Crippen molar-refractivity contribution in [3.8, 4) is 0 Å². The van der Waals surface area contributed by atoms with Gasteiger partial charge in [0.2, 0.25) is 0 Å². The quantitative estimate of drug-likeness (QED) is 0.0890. The summed E-state index contributed by atoms with van der Waals surface area (Å²) < 4.78 is 28.8. The van der Waals surface area contributed by atoms with Gasteiger partial charge < -0.3 is 38.6 Å². The molecule has 60 heavy (non-hydrogen) atoms. The lowest BCUT2D eigenvalue weighted by Crippen LogP contribution is -2.50. The lowest BCUT2D eigenvalue weighted by Gasteiger charge is -2.42. The summed E-state index contributed by atoms with van der Waals surface area (Å²) in [4.78, 5) is 42.2. The number of aliphatic hydroxyl groups is 1. The zero-order valence-electron chi connectivity index (χ0n) is 37.4. The van der Waals surface area contributed by atoms with Gasteiger partial charge in [0.05, 0.1) is 37.6 Å². The van der Waals surface area contributed by atoms with Gasteiger partial charge >= 0.3 is 12.2 Å². The molecule has 0 spiro atoms. The van der Waals surface area contributed by atoms with Crippen LogP contribution in [0.5, 0.6) is 0 Å². The maximum atomic E-state index is 13.5. The molecule has 2 amide bonds. The molecule has 0 aromatic rings. The molecule has 0 bridgehead atoms. The van der Waals surface area contributed by atoms with Crippen LogP contribution in [-0.2, 0) is 28.5 Å². The molecule has 5 aliphatic rings. The van der Waals surface area contributed by atoms with Gasteiger partial charge in [0.15, 0.2) is 5.78 Å². The third kappa shape index (κ3) is 12.0. The van der Waals surface area contributed by atoms with Crippen molar-refractivity contribution in [2.24, 2.45) is 11.3 Å². The molecule has 0 radical (unpaired) electrons. The Hall–Kier alpha value is -4.25. The highest BCUT2D eigenvalue weighted by Crippen LogP contribution is 2.67. The summed E-state index contributed by atoms with van der Waals surface area (Å²) in [5, 5.41) is 11.3. The summed E-state index contributed by atoms with van der Waals surface area (Å²) in [5.74, 6) is 0.0665. The Labute approximate surface area is 357 Å². The second-order valence-corrected chi connectivity index (χ2v) is 18.3. The molecule has 328 valence electrons. The van der Waals surface area contributed by atoms with Gasteiger partial charge in [-0.25, -0.2) is 9.59 Å².